The second-order valence-electron chi connectivity index (χ2n) is 6.47. The molecule has 0 aliphatic rings. The Bertz CT molecular complexity index is 256. The second kappa shape index (κ2) is 15.3. The summed E-state index contributed by atoms with van der Waals surface area (Å²) < 4.78 is 5.41. The number of esters is 1. The summed E-state index contributed by atoms with van der Waals surface area (Å²) >= 11 is 0. The molecule has 2 unspecified atom stereocenters. The molecule has 0 bridgehead atoms. The molecule has 1 N–H and O–H groups in total. The van der Waals surface area contributed by atoms with Crippen LogP contribution >= 0.6 is 0 Å². The summed E-state index contributed by atoms with van der Waals surface area (Å²) in [5.41, 5.74) is 0. The summed E-state index contributed by atoms with van der Waals surface area (Å²) in [5.74, 6) is 1.23. The van der Waals surface area contributed by atoms with Crippen molar-refractivity contribution >= 4 is 5.97 Å². The fourth-order valence-electron chi connectivity index (χ4n) is 2.62. The molecule has 0 heterocycles. The highest BCUT2D eigenvalue weighted by molar-refractivity contribution is 5.69. The molecule has 0 aliphatic heterocycles. The van der Waals surface area contributed by atoms with Gasteiger partial charge in [0.05, 0.1) is 13.0 Å². The molecule has 3 nitrogen and oxygen atoms in total. The van der Waals surface area contributed by atoms with Crippen LogP contribution in [0.15, 0.2) is 0 Å². The quantitative estimate of drug-likeness (QED) is 0.344. The van der Waals surface area contributed by atoms with Crippen LogP contribution < -0.4 is 5.32 Å². The summed E-state index contributed by atoms with van der Waals surface area (Å²) in [6.07, 6.45) is 10.3. The number of rotatable bonds is 15. The summed E-state index contributed by atoms with van der Waals surface area (Å²) in [6, 6.07) is 0. The zero-order valence-electron chi connectivity index (χ0n) is 15.5. The van der Waals surface area contributed by atoms with Crippen LogP contribution in [0.1, 0.15) is 85.5 Å². The first-order valence-corrected chi connectivity index (χ1v) is 9.54. The lowest BCUT2D eigenvalue weighted by Gasteiger charge is -2.16. The zero-order valence-corrected chi connectivity index (χ0v) is 15.5. The Hall–Kier alpha value is -0.570. The Morgan fingerprint density at radius 1 is 0.955 bits per heavy atom. The normalized spacial score (nSPS) is 13.8. The maximum atomic E-state index is 11.8. The maximum absolute atomic E-state index is 11.8. The van der Waals surface area contributed by atoms with Gasteiger partial charge in [0.25, 0.3) is 0 Å². The minimum atomic E-state index is -0.0518. The maximum Gasteiger partial charge on any atom is 0.307 e. The van der Waals surface area contributed by atoms with Gasteiger partial charge in [-0.3, -0.25) is 4.79 Å². The van der Waals surface area contributed by atoms with Crippen LogP contribution in [0.4, 0.5) is 0 Å². The first-order chi connectivity index (χ1) is 10.7. The topological polar surface area (TPSA) is 38.3 Å². The molecule has 3 heteroatoms. The number of nitrogens with one attached hydrogen (secondary N) is 1. The summed E-state index contributed by atoms with van der Waals surface area (Å²) in [4.78, 5) is 11.8. The molecular formula is C19H39NO2. The molecular weight excluding hydrogens is 274 g/mol. The summed E-state index contributed by atoms with van der Waals surface area (Å²) in [6.45, 7) is 11.2. The number of carbonyl (C=O) groups is 1. The van der Waals surface area contributed by atoms with Gasteiger partial charge in [0.15, 0.2) is 0 Å². The third kappa shape index (κ3) is 12.0. The molecule has 2 atom stereocenters. The number of hydrogen-bond acceptors (Lipinski definition) is 3. The van der Waals surface area contributed by atoms with Crippen LogP contribution in [0.25, 0.3) is 0 Å². The molecule has 0 rings (SSSR count). The van der Waals surface area contributed by atoms with Gasteiger partial charge in [0, 0.05) is 6.54 Å². The first kappa shape index (κ1) is 21.4. The fraction of sp³-hybridized carbons (Fsp3) is 0.947. The van der Waals surface area contributed by atoms with Crippen molar-refractivity contribution < 1.29 is 9.53 Å². The molecule has 0 aromatic heterocycles. The van der Waals surface area contributed by atoms with Gasteiger partial charge in [-0.1, -0.05) is 66.2 Å². The van der Waals surface area contributed by atoms with E-state index in [4.69, 9.17) is 4.74 Å². The van der Waals surface area contributed by atoms with Gasteiger partial charge < -0.3 is 10.1 Å². The SMILES string of the molecule is CCCCC(CC)CNCCC(=O)OCC(CC)CCCC. The van der Waals surface area contributed by atoms with Crippen molar-refractivity contribution in [3.05, 3.63) is 0 Å². The van der Waals surface area contributed by atoms with Gasteiger partial charge in [0.1, 0.15) is 0 Å². The van der Waals surface area contributed by atoms with Gasteiger partial charge in [0.2, 0.25) is 0 Å². The smallest absolute Gasteiger partial charge is 0.307 e. The van der Waals surface area contributed by atoms with Gasteiger partial charge >= 0.3 is 5.97 Å². The largest absolute Gasteiger partial charge is 0.465 e. The second-order valence-corrected chi connectivity index (χ2v) is 6.47. The molecule has 0 amide bonds. The van der Waals surface area contributed by atoms with E-state index in [-0.39, 0.29) is 5.97 Å². The Morgan fingerprint density at radius 2 is 1.55 bits per heavy atom. The molecule has 0 saturated carbocycles. The van der Waals surface area contributed by atoms with Crippen molar-refractivity contribution in [2.24, 2.45) is 11.8 Å². The van der Waals surface area contributed by atoms with Crippen LogP contribution in [-0.4, -0.2) is 25.7 Å². The van der Waals surface area contributed by atoms with Crippen LogP contribution in [0.2, 0.25) is 0 Å². The molecule has 0 aliphatic carbocycles. The number of hydrogen-bond donors (Lipinski definition) is 1. The van der Waals surface area contributed by atoms with Crippen molar-refractivity contribution in [2.45, 2.75) is 85.5 Å². The van der Waals surface area contributed by atoms with E-state index in [0.717, 1.165) is 25.4 Å². The molecule has 0 radical (unpaired) electrons. The third-order valence-corrected chi connectivity index (χ3v) is 4.51. The predicted octanol–water partition coefficient (Wildman–Crippen LogP) is 4.94. The first-order valence-electron chi connectivity index (χ1n) is 9.54. The monoisotopic (exact) mass is 313 g/mol. The van der Waals surface area contributed by atoms with E-state index in [1.165, 1.54) is 44.9 Å². The highest BCUT2D eigenvalue weighted by Gasteiger charge is 2.10. The lowest BCUT2D eigenvalue weighted by Crippen LogP contribution is -2.26. The molecule has 0 aromatic rings. The Balaban J connectivity index is 3.67. The van der Waals surface area contributed by atoms with E-state index in [2.05, 4.69) is 33.0 Å². The van der Waals surface area contributed by atoms with E-state index in [0.29, 0.717) is 18.9 Å². The van der Waals surface area contributed by atoms with E-state index < -0.39 is 0 Å². The highest BCUT2D eigenvalue weighted by atomic mass is 16.5. The molecule has 22 heavy (non-hydrogen) atoms. The van der Waals surface area contributed by atoms with Crippen LogP contribution in [0.5, 0.6) is 0 Å². The predicted molar refractivity (Wildman–Crippen MR) is 95.1 cm³/mol. The minimum Gasteiger partial charge on any atom is -0.465 e. The van der Waals surface area contributed by atoms with E-state index in [1.807, 2.05) is 0 Å². The van der Waals surface area contributed by atoms with Crippen molar-refractivity contribution in [1.29, 1.82) is 0 Å². The van der Waals surface area contributed by atoms with Crippen LogP contribution in [0, 0.1) is 11.8 Å². The minimum absolute atomic E-state index is 0.0518. The standard InChI is InChI=1S/C19H39NO2/c1-5-9-11-17(7-3)15-20-14-13-19(21)22-16-18(8-4)12-10-6-2/h17-18,20H,5-16H2,1-4H3. The average molecular weight is 314 g/mol. The molecule has 0 fully saturated rings. The van der Waals surface area contributed by atoms with E-state index in [1.54, 1.807) is 0 Å². The lowest BCUT2D eigenvalue weighted by molar-refractivity contribution is -0.145. The molecule has 0 spiro atoms. The Morgan fingerprint density at radius 3 is 2.09 bits per heavy atom. The van der Waals surface area contributed by atoms with Gasteiger partial charge in [-0.2, -0.15) is 0 Å². The van der Waals surface area contributed by atoms with Crippen molar-refractivity contribution in [2.75, 3.05) is 19.7 Å². The zero-order chi connectivity index (χ0) is 16.6. The highest BCUT2D eigenvalue weighted by Crippen LogP contribution is 2.13. The van der Waals surface area contributed by atoms with Crippen molar-refractivity contribution in [3.8, 4) is 0 Å². The Kier molecular flexibility index (Phi) is 14.9. The molecule has 0 aromatic carbocycles. The summed E-state index contributed by atoms with van der Waals surface area (Å²) in [5, 5.41) is 3.41. The number of unbranched alkanes of at least 4 members (excludes halogenated alkanes) is 2. The van der Waals surface area contributed by atoms with Crippen LogP contribution in [0.3, 0.4) is 0 Å². The van der Waals surface area contributed by atoms with Crippen molar-refractivity contribution in [3.63, 3.8) is 0 Å². The van der Waals surface area contributed by atoms with Gasteiger partial charge in [-0.25, -0.2) is 0 Å². The van der Waals surface area contributed by atoms with Crippen molar-refractivity contribution in [1.82, 2.24) is 5.32 Å². The number of ether oxygens (including phenoxy) is 1. The van der Waals surface area contributed by atoms with Crippen LogP contribution in [-0.2, 0) is 9.53 Å². The summed E-state index contributed by atoms with van der Waals surface area (Å²) in [7, 11) is 0. The lowest BCUT2D eigenvalue weighted by atomic mass is 9.99. The average Bonchev–Trinajstić information content (AvgIpc) is 2.54. The third-order valence-electron chi connectivity index (χ3n) is 4.51. The van der Waals surface area contributed by atoms with Gasteiger partial charge in [-0.15, -0.1) is 0 Å². The fourth-order valence-corrected chi connectivity index (χ4v) is 2.62. The Labute approximate surface area is 138 Å². The van der Waals surface area contributed by atoms with E-state index in [9.17, 15) is 4.79 Å². The molecule has 0 saturated heterocycles. The molecule has 132 valence electrons. The van der Waals surface area contributed by atoms with Gasteiger partial charge in [-0.05, 0) is 31.2 Å². The number of carbonyl (C=O) groups excluding carboxylic acids is 1. The van der Waals surface area contributed by atoms with E-state index >= 15 is 0 Å².